The van der Waals surface area contributed by atoms with Crippen molar-refractivity contribution in [3.05, 3.63) is 81.7 Å². The molecule has 1 atom stereocenters. The molecule has 0 spiro atoms. The van der Waals surface area contributed by atoms with Crippen LogP contribution in [0.25, 0.3) is 5.65 Å². The quantitative estimate of drug-likeness (QED) is 0.630. The van der Waals surface area contributed by atoms with Gasteiger partial charge in [0.15, 0.2) is 0 Å². The van der Waals surface area contributed by atoms with Crippen molar-refractivity contribution in [1.29, 1.82) is 0 Å². The number of aromatic nitrogens is 2. The van der Waals surface area contributed by atoms with Gasteiger partial charge in [-0.2, -0.15) is 0 Å². The Hall–Kier alpha value is -3.55. The van der Waals surface area contributed by atoms with Gasteiger partial charge in [-0.1, -0.05) is 32.0 Å². The van der Waals surface area contributed by atoms with E-state index < -0.39 is 23.7 Å². The van der Waals surface area contributed by atoms with Crippen molar-refractivity contribution in [2.45, 2.75) is 33.4 Å². The van der Waals surface area contributed by atoms with Gasteiger partial charge in [0.1, 0.15) is 24.1 Å². The SMILES string of the molecule is Cc1ccc2nc(COC(=O)[C@@H](NC(=O)c3ccccc3F)C(C)C)cc(=O)n2c1. The highest BCUT2D eigenvalue weighted by Crippen LogP contribution is 2.11. The lowest BCUT2D eigenvalue weighted by Crippen LogP contribution is -2.45. The number of esters is 1. The molecule has 1 amide bonds. The third-order valence-electron chi connectivity index (χ3n) is 4.55. The summed E-state index contributed by atoms with van der Waals surface area (Å²) in [5.41, 5.74) is 1.20. The predicted molar refractivity (Wildman–Crippen MR) is 108 cm³/mol. The standard InChI is InChI=1S/C22H22FN3O4/c1-13(2)20(25-21(28)16-6-4-5-7-17(16)23)22(29)30-12-15-10-19(27)26-11-14(3)8-9-18(26)24-15/h4-11,13,20H,12H2,1-3H3,(H,25,28)/t20-/m0/s1. The summed E-state index contributed by atoms with van der Waals surface area (Å²) >= 11 is 0. The summed E-state index contributed by atoms with van der Waals surface area (Å²) in [6, 6.07) is 9.35. The van der Waals surface area contributed by atoms with Crippen LogP contribution in [0.1, 0.15) is 35.5 Å². The highest BCUT2D eigenvalue weighted by molar-refractivity contribution is 5.97. The number of halogens is 1. The van der Waals surface area contributed by atoms with Crippen molar-refractivity contribution in [1.82, 2.24) is 14.7 Å². The molecule has 0 saturated carbocycles. The van der Waals surface area contributed by atoms with Gasteiger partial charge in [-0.25, -0.2) is 14.2 Å². The van der Waals surface area contributed by atoms with Gasteiger partial charge in [0.25, 0.3) is 11.5 Å². The van der Waals surface area contributed by atoms with E-state index in [1.54, 1.807) is 26.1 Å². The molecule has 0 fully saturated rings. The number of fused-ring (bicyclic) bond motifs is 1. The molecule has 0 aliphatic heterocycles. The highest BCUT2D eigenvalue weighted by atomic mass is 19.1. The van der Waals surface area contributed by atoms with E-state index in [9.17, 15) is 18.8 Å². The van der Waals surface area contributed by atoms with E-state index in [0.717, 1.165) is 5.56 Å². The minimum atomic E-state index is -0.985. The zero-order valence-corrected chi connectivity index (χ0v) is 16.9. The van der Waals surface area contributed by atoms with E-state index in [4.69, 9.17) is 4.74 Å². The fourth-order valence-electron chi connectivity index (χ4n) is 2.93. The molecule has 7 nitrogen and oxygen atoms in total. The molecule has 8 heteroatoms. The zero-order valence-electron chi connectivity index (χ0n) is 16.9. The van der Waals surface area contributed by atoms with E-state index in [-0.39, 0.29) is 23.6 Å². The monoisotopic (exact) mass is 411 g/mol. The van der Waals surface area contributed by atoms with Crippen molar-refractivity contribution >= 4 is 17.5 Å². The molecular weight excluding hydrogens is 389 g/mol. The fourth-order valence-corrected chi connectivity index (χ4v) is 2.93. The number of carbonyl (C=O) groups is 2. The van der Waals surface area contributed by atoms with Crippen LogP contribution in [0.15, 0.2) is 53.5 Å². The third-order valence-corrected chi connectivity index (χ3v) is 4.55. The Balaban J connectivity index is 1.72. The van der Waals surface area contributed by atoms with Crippen LogP contribution in [0.2, 0.25) is 0 Å². The maximum atomic E-state index is 13.8. The Labute approximate surface area is 172 Å². The maximum Gasteiger partial charge on any atom is 0.329 e. The first-order valence-corrected chi connectivity index (χ1v) is 9.47. The topological polar surface area (TPSA) is 89.8 Å². The lowest BCUT2D eigenvalue weighted by atomic mass is 10.0. The van der Waals surface area contributed by atoms with E-state index in [1.807, 2.05) is 13.0 Å². The van der Waals surface area contributed by atoms with Gasteiger partial charge in [0.05, 0.1) is 11.3 Å². The first kappa shape index (κ1) is 21.2. The number of rotatable bonds is 6. The van der Waals surface area contributed by atoms with Crippen LogP contribution in [0.3, 0.4) is 0 Å². The number of pyridine rings is 1. The Morgan fingerprint density at radius 3 is 2.63 bits per heavy atom. The summed E-state index contributed by atoms with van der Waals surface area (Å²) in [5, 5.41) is 2.52. The van der Waals surface area contributed by atoms with E-state index in [0.29, 0.717) is 11.3 Å². The number of nitrogens with zero attached hydrogens (tertiary/aromatic N) is 2. The smallest absolute Gasteiger partial charge is 0.329 e. The number of carbonyl (C=O) groups excluding carboxylic acids is 2. The summed E-state index contributed by atoms with van der Waals surface area (Å²) < 4.78 is 20.5. The first-order valence-electron chi connectivity index (χ1n) is 9.47. The Kier molecular flexibility index (Phi) is 6.25. The molecule has 0 saturated heterocycles. The van der Waals surface area contributed by atoms with E-state index in [1.165, 1.54) is 34.7 Å². The molecule has 156 valence electrons. The zero-order chi connectivity index (χ0) is 21.8. The van der Waals surface area contributed by atoms with Crippen LogP contribution in [0.5, 0.6) is 0 Å². The second-order valence-corrected chi connectivity index (χ2v) is 7.30. The second kappa shape index (κ2) is 8.86. The summed E-state index contributed by atoms with van der Waals surface area (Å²) in [7, 11) is 0. The Morgan fingerprint density at radius 2 is 1.93 bits per heavy atom. The molecule has 0 radical (unpaired) electrons. The van der Waals surface area contributed by atoms with Crippen LogP contribution in [0.4, 0.5) is 4.39 Å². The lowest BCUT2D eigenvalue weighted by Gasteiger charge is -2.21. The van der Waals surface area contributed by atoms with Gasteiger partial charge >= 0.3 is 5.97 Å². The largest absolute Gasteiger partial charge is 0.458 e. The van der Waals surface area contributed by atoms with Gasteiger partial charge in [0.2, 0.25) is 0 Å². The molecule has 0 unspecified atom stereocenters. The minimum absolute atomic E-state index is 0.157. The lowest BCUT2D eigenvalue weighted by molar-refractivity contribution is -0.148. The molecule has 0 aliphatic rings. The van der Waals surface area contributed by atoms with Gasteiger partial charge < -0.3 is 10.1 Å². The van der Waals surface area contributed by atoms with Crippen molar-refractivity contribution in [3.63, 3.8) is 0 Å². The van der Waals surface area contributed by atoms with Gasteiger partial charge in [-0.05, 0) is 36.6 Å². The van der Waals surface area contributed by atoms with Gasteiger partial charge in [0, 0.05) is 12.3 Å². The van der Waals surface area contributed by atoms with Crippen LogP contribution in [-0.2, 0) is 16.1 Å². The summed E-state index contributed by atoms with van der Waals surface area (Å²) in [4.78, 5) is 41.5. The van der Waals surface area contributed by atoms with Crippen LogP contribution < -0.4 is 10.9 Å². The average Bonchev–Trinajstić information content (AvgIpc) is 2.70. The van der Waals surface area contributed by atoms with E-state index >= 15 is 0 Å². The van der Waals surface area contributed by atoms with Crippen molar-refractivity contribution in [3.8, 4) is 0 Å². The summed E-state index contributed by atoms with van der Waals surface area (Å²) in [6.07, 6.45) is 1.67. The molecule has 3 rings (SSSR count). The third kappa shape index (κ3) is 4.71. The molecule has 1 N–H and O–H groups in total. The van der Waals surface area contributed by atoms with Crippen molar-refractivity contribution in [2.24, 2.45) is 5.92 Å². The number of amides is 1. The maximum absolute atomic E-state index is 13.8. The van der Waals surface area contributed by atoms with Crippen LogP contribution in [0, 0.1) is 18.7 Å². The first-order chi connectivity index (χ1) is 14.3. The van der Waals surface area contributed by atoms with E-state index in [2.05, 4.69) is 10.3 Å². The number of hydrogen-bond acceptors (Lipinski definition) is 5. The number of nitrogens with one attached hydrogen (secondary N) is 1. The van der Waals surface area contributed by atoms with Gasteiger partial charge in [-0.15, -0.1) is 0 Å². The molecule has 1 aromatic carbocycles. The van der Waals surface area contributed by atoms with Crippen LogP contribution in [-0.4, -0.2) is 27.3 Å². The average molecular weight is 411 g/mol. The number of ether oxygens (including phenoxy) is 1. The summed E-state index contributed by atoms with van der Waals surface area (Å²) in [5.74, 6) is -2.38. The normalized spacial score (nSPS) is 12.0. The Morgan fingerprint density at radius 1 is 1.20 bits per heavy atom. The molecule has 0 bridgehead atoms. The molecule has 3 aromatic rings. The summed E-state index contributed by atoms with van der Waals surface area (Å²) in [6.45, 7) is 5.10. The van der Waals surface area contributed by atoms with Crippen molar-refractivity contribution in [2.75, 3.05) is 0 Å². The fraction of sp³-hybridized carbons (Fsp3) is 0.273. The highest BCUT2D eigenvalue weighted by Gasteiger charge is 2.27. The molecule has 2 aromatic heterocycles. The number of benzene rings is 1. The Bertz CT molecular complexity index is 1160. The van der Waals surface area contributed by atoms with Crippen LogP contribution >= 0.6 is 0 Å². The number of aryl methyl sites for hydroxylation is 1. The molecule has 30 heavy (non-hydrogen) atoms. The molecule has 0 aliphatic carbocycles. The predicted octanol–water partition coefficient (Wildman–Crippen LogP) is 2.64. The van der Waals surface area contributed by atoms with Crippen molar-refractivity contribution < 1.29 is 18.7 Å². The molecule has 2 heterocycles. The second-order valence-electron chi connectivity index (χ2n) is 7.30. The minimum Gasteiger partial charge on any atom is -0.458 e. The number of hydrogen-bond donors (Lipinski definition) is 1. The van der Waals surface area contributed by atoms with Gasteiger partial charge in [-0.3, -0.25) is 14.0 Å². The molecular formula is C22H22FN3O4.